The van der Waals surface area contributed by atoms with Gasteiger partial charge in [0.05, 0.1) is 17.3 Å². The Morgan fingerprint density at radius 1 is 1.09 bits per heavy atom. The molecular formula is C26H28N4O2. The topological polar surface area (TPSA) is 100 Å². The van der Waals surface area contributed by atoms with Gasteiger partial charge in [-0.05, 0) is 55.2 Å². The molecule has 4 rings (SSSR count). The van der Waals surface area contributed by atoms with Gasteiger partial charge < -0.3 is 21.4 Å². The van der Waals surface area contributed by atoms with Crippen LogP contribution >= 0.6 is 0 Å². The predicted octanol–water partition coefficient (Wildman–Crippen LogP) is 4.83. The number of nitrogens with two attached hydrogens (primary N) is 1. The second-order valence-electron chi connectivity index (χ2n) is 8.58. The molecule has 1 aliphatic rings. The monoisotopic (exact) mass is 428 g/mol. The summed E-state index contributed by atoms with van der Waals surface area (Å²) in [5, 5.41) is 6.02. The van der Waals surface area contributed by atoms with Crippen LogP contribution in [0.5, 0.6) is 0 Å². The molecule has 3 aromatic rings. The molecule has 1 aliphatic heterocycles. The van der Waals surface area contributed by atoms with Crippen molar-refractivity contribution in [2.45, 2.75) is 33.7 Å². The molecule has 6 heteroatoms. The Bertz CT molecular complexity index is 1220. The van der Waals surface area contributed by atoms with Crippen molar-refractivity contribution < 1.29 is 9.59 Å². The number of hydrogen-bond acceptors (Lipinski definition) is 3. The first kappa shape index (κ1) is 21.4. The van der Waals surface area contributed by atoms with Crippen molar-refractivity contribution in [1.29, 1.82) is 0 Å². The number of aromatic nitrogens is 1. The van der Waals surface area contributed by atoms with Crippen LogP contribution in [0.1, 0.15) is 58.3 Å². The highest BCUT2D eigenvalue weighted by atomic mass is 16.2. The van der Waals surface area contributed by atoms with Crippen molar-refractivity contribution in [3.63, 3.8) is 0 Å². The summed E-state index contributed by atoms with van der Waals surface area (Å²) in [5.41, 5.74) is 12.8. The van der Waals surface area contributed by atoms with E-state index in [9.17, 15) is 9.59 Å². The number of nitrogen functional groups attached to an aromatic ring is 1. The van der Waals surface area contributed by atoms with Gasteiger partial charge in [-0.1, -0.05) is 44.2 Å². The Kier molecular flexibility index (Phi) is 5.61. The Morgan fingerprint density at radius 3 is 2.44 bits per heavy atom. The summed E-state index contributed by atoms with van der Waals surface area (Å²) in [4.78, 5) is 29.0. The number of anilines is 2. The fraction of sp³-hybridized carbons (Fsp3) is 0.231. The van der Waals surface area contributed by atoms with E-state index in [-0.39, 0.29) is 23.8 Å². The lowest BCUT2D eigenvalue weighted by molar-refractivity contribution is -0.110. The zero-order valence-electron chi connectivity index (χ0n) is 18.7. The van der Waals surface area contributed by atoms with Crippen molar-refractivity contribution in [3.8, 4) is 0 Å². The SMILES string of the molecule is Cc1[nH]c(/C=C2\C(=O)Nc3ccc(C(=O)N[C@@H](c4ccccc4)C(C)C)cc32)c(C)c1N. The van der Waals surface area contributed by atoms with Gasteiger partial charge in [-0.2, -0.15) is 0 Å². The van der Waals surface area contributed by atoms with E-state index in [1.54, 1.807) is 24.3 Å². The molecule has 2 heterocycles. The maximum absolute atomic E-state index is 13.1. The first-order valence-electron chi connectivity index (χ1n) is 10.7. The molecule has 164 valence electrons. The highest BCUT2D eigenvalue weighted by molar-refractivity contribution is 6.35. The average molecular weight is 429 g/mol. The number of amides is 2. The third-order valence-corrected chi connectivity index (χ3v) is 6.00. The lowest BCUT2D eigenvalue weighted by Gasteiger charge is -2.23. The van der Waals surface area contributed by atoms with E-state index in [2.05, 4.69) is 29.5 Å². The fourth-order valence-electron chi connectivity index (χ4n) is 4.07. The summed E-state index contributed by atoms with van der Waals surface area (Å²) in [6.07, 6.45) is 1.79. The summed E-state index contributed by atoms with van der Waals surface area (Å²) < 4.78 is 0. The van der Waals surface area contributed by atoms with E-state index in [0.29, 0.717) is 28.1 Å². The number of carbonyl (C=O) groups excluding carboxylic acids is 2. The number of aryl methyl sites for hydroxylation is 1. The molecule has 1 atom stereocenters. The minimum Gasteiger partial charge on any atom is -0.397 e. The fourth-order valence-corrected chi connectivity index (χ4v) is 4.07. The highest BCUT2D eigenvalue weighted by Gasteiger charge is 2.27. The molecule has 0 aliphatic carbocycles. The van der Waals surface area contributed by atoms with Crippen molar-refractivity contribution in [2.24, 2.45) is 5.92 Å². The van der Waals surface area contributed by atoms with Gasteiger partial charge >= 0.3 is 0 Å². The maximum atomic E-state index is 13.1. The molecular weight excluding hydrogens is 400 g/mol. The smallest absolute Gasteiger partial charge is 0.256 e. The van der Waals surface area contributed by atoms with Crippen LogP contribution in [0.2, 0.25) is 0 Å². The Balaban J connectivity index is 1.66. The van der Waals surface area contributed by atoms with Gasteiger partial charge in [0, 0.05) is 28.2 Å². The van der Waals surface area contributed by atoms with Gasteiger partial charge in [0.1, 0.15) is 0 Å². The van der Waals surface area contributed by atoms with Gasteiger partial charge in [0.25, 0.3) is 11.8 Å². The standard InChI is InChI=1S/C26H28N4O2/c1-14(2)24(17-8-6-5-7-9-17)30-25(31)18-10-11-21-19(12-18)20(26(32)29-21)13-22-15(3)23(27)16(4)28-22/h5-14,24,28H,27H2,1-4H3,(H,29,32)(H,30,31)/b20-13-/t24-/m1/s1. The van der Waals surface area contributed by atoms with Crippen LogP contribution < -0.4 is 16.4 Å². The number of rotatable bonds is 5. The third-order valence-electron chi connectivity index (χ3n) is 6.00. The van der Waals surface area contributed by atoms with Crippen LogP contribution in [-0.2, 0) is 4.79 Å². The minimum atomic E-state index is -0.202. The van der Waals surface area contributed by atoms with Crippen LogP contribution in [0.15, 0.2) is 48.5 Å². The van der Waals surface area contributed by atoms with Crippen LogP contribution in [0.4, 0.5) is 11.4 Å². The van der Waals surface area contributed by atoms with E-state index in [1.165, 1.54) is 0 Å². The van der Waals surface area contributed by atoms with Crippen LogP contribution in [0.3, 0.4) is 0 Å². The van der Waals surface area contributed by atoms with E-state index in [4.69, 9.17) is 5.73 Å². The van der Waals surface area contributed by atoms with Gasteiger partial charge in [-0.25, -0.2) is 0 Å². The predicted molar refractivity (Wildman–Crippen MR) is 129 cm³/mol. The van der Waals surface area contributed by atoms with Gasteiger partial charge in [0.15, 0.2) is 0 Å². The zero-order valence-corrected chi connectivity index (χ0v) is 18.7. The second kappa shape index (κ2) is 8.38. The molecule has 0 spiro atoms. The molecule has 0 fully saturated rings. The first-order chi connectivity index (χ1) is 15.3. The molecule has 5 N–H and O–H groups in total. The zero-order chi connectivity index (χ0) is 23.0. The summed E-state index contributed by atoms with van der Waals surface area (Å²) in [6.45, 7) is 7.97. The number of benzene rings is 2. The largest absolute Gasteiger partial charge is 0.397 e. The van der Waals surface area contributed by atoms with Crippen LogP contribution in [-0.4, -0.2) is 16.8 Å². The lowest BCUT2D eigenvalue weighted by Crippen LogP contribution is -2.31. The molecule has 32 heavy (non-hydrogen) atoms. The van der Waals surface area contributed by atoms with Gasteiger partial charge in [-0.3, -0.25) is 9.59 Å². The molecule has 0 saturated heterocycles. The Morgan fingerprint density at radius 2 is 1.81 bits per heavy atom. The van der Waals surface area contributed by atoms with E-state index in [0.717, 1.165) is 22.5 Å². The number of nitrogens with one attached hydrogen (secondary N) is 3. The average Bonchev–Trinajstić information content (AvgIpc) is 3.22. The third kappa shape index (κ3) is 3.91. The van der Waals surface area contributed by atoms with Crippen molar-refractivity contribution in [1.82, 2.24) is 10.3 Å². The number of hydrogen-bond donors (Lipinski definition) is 4. The van der Waals surface area contributed by atoms with Crippen molar-refractivity contribution in [2.75, 3.05) is 11.1 Å². The summed E-state index contributed by atoms with van der Waals surface area (Å²) in [5.74, 6) is -0.156. The van der Waals surface area contributed by atoms with E-state index < -0.39 is 0 Å². The van der Waals surface area contributed by atoms with Crippen molar-refractivity contribution in [3.05, 3.63) is 82.2 Å². The Labute approximate surface area is 187 Å². The highest BCUT2D eigenvalue weighted by Crippen LogP contribution is 2.35. The molecule has 0 radical (unpaired) electrons. The summed E-state index contributed by atoms with van der Waals surface area (Å²) >= 11 is 0. The number of H-pyrrole nitrogens is 1. The summed E-state index contributed by atoms with van der Waals surface area (Å²) in [7, 11) is 0. The van der Waals surface area contributed by atoms with Gasteiger partial charge in [-0.15, -0.1) is 0 Å². The molecule has 2 aromatic carbocycles. The lowest BCUT2D eigenvalue weighted by atomic mass is 9.95. The van der Waals surface area contributed by atoms with Crippen LogP contribution in [0.25, 0.3) is 11.6 Å². The second-order valence-corrected chi connectivity index (χ2v) is 8.58. The Hall–Kier alpha value is -3.80. The molecule has 6 nitrogen and oxygen atoms in total. The first-order valence-corrected chi connectivity index (χ1v) is 10.7. The van der Waals surface area contributed by atoms with Crippen LogP contribution in [0, 0.1) is 19.8 Å². The van der Waals surface area contributed by atoms with Gasteiger partial charge in [0.2, 0.25) is 0 Å². The number of fused-ring (bicyclic) bond motifs is 1. The number of aromatic amines is 1. The normalized spacial score (nSPS) is 15.0. The number of carbonyl (C=O) groups is 2. The molecule has 0 unspecified atom stereocenters. The minimum absolute atomic E-state index is 0.112. The van der Waals surface area contributed by atoms with E-state index in [1.807, 2.05) is 44.2 Å². The van der Waals surface area contributed by atoms with Crippen molar-refractivity contribution >= 4 is 34.8 Å². The molecule has 2 amide bonds. The summed E-state index contributed by atoms with van der Waals surface area (Å²) in [6, 6.07) is 15.1. The van der Waals surface area contributed by atoms with E-state index >= 15 is 0 Å². The molecule has 1 aromatic heterocycles. The maximum Gasteiger partial charge on any atom is 0.256 e. The molecule has 0 bridgehead atoms. The molecule has 0 saturated carbocycles. The quantitative estimate of drug-likeness (QED) is 0.438.